The van der Waals surface area contributed by atoms with Crippen LogP contribution in [0.2, 0.25) is 0 Å². The molecule has 0 aliphatic rings. The zero-order chi connectivity index (χ0) is 22.6. The lowest BCUT2D eigenvalue weighted by Crippen LogP contribution is -2.05. The lowest BCUT2D eigenvalue weighted by atomic mass is 10.2. The van der Waals surface area contributed by atoms with E-state index in [1.165, 1.54) is 19.3 Å². The molecule has 0 aliphatic carbocycles. The molecule has 30 heavy (non-hydrogen) atoms. The first kappa shape index (κ1) is 28.2. The lowest BCUT2D eigenvalue weighted by Gasteiger charge is -2.10. The molecule has 0 fully saturated rings. The van der Waals surface area contributed by atoms with Gasteiger partial charge >= 0.3 is 0 Å². The molecule has 0 bridgehead atoms. The summed E-state index contributed by atoms with van der Waals surface area (Å²) in [6.45, 7) is 12.4. The second-order valence-corrected chi connectivity index (χ2v) is 6.79. The van der Waals surface area contributed by atoms with E-state index >= 15 is 0 Å². The van der Waals surface area contributed by atoms with Gasteiger partial charge in [-0.25, -0.2) is 13.2 Å². The Morgan fingerprint density at radius 2 is 1.37 bits per heavy atom. The molecule has 0 spiro atoms. The molecule has 172 valence electrons. The van der Waals surface area contributed by atoms with Gasteiger partial charge in [-0.15, -0.1) is 0 Å². The Morgan fingerprint density at radius 1 is 0.800 bits per heavy atom. The summed E-state index contributed by atoms with van der Waals surface area (Å²) in [5, 5.41) is 0. The highest BCUT2D eigenvalue weighted by Gasteiger charge is 2.14. The summed E-state index contributed by atoms with van der Waals surface area (Å²) >= 11 is 0. The van der Waals surface area contributed by atoms with E-state index in [0.717, 1.165) is 38.9 Å². The summed E-state index contributed by atoms with van der Waals surface area (Å²) in [7, 11) is 0. The van der Waals surface area contributed by atoms with Crippen molar-refractivity contribution in [1.29, 1.82) is 0 Å². The van der Waals surface area contributed by atoms with Gasteiger partial charge in [0, 0.05) is 38.4 Å². The third-order valence-corrected chi connectivity index (χ3v) is 3.99. The van der Waals surface area contributed by atoms with Gasteiger partial charge in [0.25, 0.3) is 0 Å². The van der Waals surface area contributed by atoms with Crippen LogP contribution in [0.3, 0.4) is 0 Å². The van der Waals surface area contributed by atoms with Crippen LogP contribution in [0.1, 0.15) is 72.1 Å². The van der Waals surface area contributed by atoms with Gasteiger partial charge in [-0.1, -0.05) is 52.3 Å². The summed E-state index contributed by atoms with van der Waals surface area (Å²) in [5.74, 6) is -3.76. The Labute approximate surface area is 179 Å². The normalized spacial score (nSPS) is 10.2. The highest BCUT2D eigenvalue weighted by molar-refractivity contribution is 5.28. The average Bonchev–Trinajstić information content (AvgIpc) is 2.71. The van der Waals surface area contributed by atoms with Gasteiger partial charge in [0.2, 0.25) is 0 Å². The second-order valence-electron chi connectivity index (χ2n) is 6.79. The van der Waals surface area contributed by atoms with Gasteiger partial charge < -0.3 is 14.2 Å². The van der Waals surface area contributed by atoms with Crippen molar-refractivity contribution in [2.75, 3.05) is 26.4 Å². The third kappa shape index (κ3) is 14.3. The molecular formula is C24H37F3O3. The fourth-order valence-corrected chi connectivity index (χ4v) is 2.38. The summed E-state index contributed by atoms with van der Waals surface area (Å²) in [6, 6.07) is 1.11. The molecule has 3 nitrogen and oxygen atoms in total. The maximum absolute atomic E-state index is 13.5. The Morgan fingerprint density at radius 3 is 1.83 bits per heavy atom. The van der Waals surface area contributed by atoms with E-state index in [0.29, 0.717) is 25.3 Å². The van der Waals surface area contributed by atoms with Gasteiger partial charge in [-0.2, -0.15) is 0 Å². The maximum Gasteiger partial charge on any atom is 0.199 e. The van der Waals surface area contributed by atoms with Crippen molar-refractivity contribution < 1.29 is 27.4 Å². The molecular weight excluding hydrogens is 393 g/mol. The minimum Gasteiger partial charge on any atom is -0.447 e. The highest BCUT2D eigenvalue weighted by atomic mass is 19.1. The monoisotopic (exact) mass is 430 g/mol. The van der Waals surface area contributed by atoms with E-state index in [1.54, 1.807) is 0 Å². The fraction of sp³-hybridized carbons (Fsp3) is 0.625. The van der Waals surface area contributed by atoms with Crippen LogP contribution in [0.25, 0.3) is 0 Å². The summed E-state index contributed by atoms with van der Waals surface area (Å²) < 4.78 is 55.9. The van der Waals surface area contributed by atoms with Crippen molar-refractivity contribution in [2.45, 2.75) is 72.1 Å². The molecule has 0 atom stereocenters. The van der Waals surface area contributed by atoms with E-state index in [9.17, 15) is 13.2 Å². The molecule has 0 N–H and O–H groups in total. The Bertz CT molecular complexity index is 589. The molecule has 0 radical (unpaired) electrons. The van der Waals surface area contributed by atoms with Gasteiger partial charge in [0.05, 0.1) is 6.61 Å². The van der Waals surface area contributed by atoms with Gasteiger partial charge in [0.15, 0.2) is 17.4 Å². The molecule has 0 saturated heterocycles. The molecule has 1 rings (SSSR count). The standard InChI is InChI=1S/C19H25F3O3.C5H12/c1-3-9-23-10-6-5-7-11-24-12-8-16(4-2)25-19-17(21)13-15(20)14-18(19)22;1-3-5-4-2/h13-14H,2-3,5-12H2,1H3;3-5H2,1-2H3. The fourth-order valence-electron chi connectivity index (χ4n) is 2.38. The molecule has 0 heterocycles. The van der Waals surface area contributed by atoms with Crippen LogP contribution in [-0.2, 0) is 9.47 Å². The van der Waals surface area contributed by atoms with Crippen LogP contribution >= 0.6 is 0 Å². The molecule has 1 aromatic rings. The first-order chi connectivity index (χ1) is 14.5. The van der Waals surface area contributed by atoms with E-state index < -0.39 is 23.2 Å². The van der Waals surface area contributed by atoms with Crippen molar-refractivity contribution in [3.63, 3.8) is 0 Å². The summed E-state index contributed by atoms with van der Waals surface area (Å²) in [4.78, 5) is 0. The predicted molar refractivity (Wildman–Crippen MR) is 115 cm³/mol. The molecule has 0 saturated carbocycles. The molecule has 0 aliphatic heterocycles. The van der Waals surface area contributed by atoms with Crippen LogP contribution in [-0.4, -0.2) is 26.4 Å². The van der Waals surface area contributed by atoms with E-state index in [-0.39, 0.29) is 12.2 Å². The Kier molecular flexibility index (Phi) is 18.1. The molecule has 1 aromatic carbocycles. The van der Waals surface area contributed by atoms with Gasteiger partial charge in [-0.05, 0) is 25.7 Å². The average molecular weight is 431 g/mol. The smallest absolute Gasteiger partial charge is 0.199 e. The van der Waals surface area contributed by atoms with Crippen molar-refractivity contribution in [2.24, 2.45) is 0 Å². The number of benzene rings is 1. The lowest BCUT2D eigenvalue weighted by molar-refractivity contribution is 0.113. The van der Waals surface area contributed by atoms with Crippen LogP contribution in [0, 0.1) is 17.5 Å². The molecule has 0 amide bonds. The van der Waals surface area contributed by atoms with Crippen LogP contribution in [0.15, 0.2) is 30.2 Å². The first-order valence-corrected chi connectivity index (χ1v) is 10.9. The van der Waals surface area contributed by atoms with Crippen LogP contribution in [0.4, 0.5) is 13.2 Å². The number of rotatable bonds is 15. The number of ether oxygens (including phenoxy) is 3. The molecule has 0 aromatic heterocycles. The van der Waals surface area contributed by atoms with Crippen LogP contribution < -0.4 is 4.74 Å². The highest BCUT2D eigenvalue weighted by Crippen LogP contribution is 2.25. The van der Waals surface area contributed by atoms with E-state index in [2.05, 4.69) is 33.1 Å². The van der Waals surface area contributed by atoms with Gasteiger partial charge in [-0.3, -0.25) is 0 Å². The quantitative estimate of drug-likeness (QED) is 0.165. The second kappa shape index (κ2) is 19.2. The number of hydrogen-bond acceptors (Lipinski definition) is 3. The minimum atomic E-state index is -1.11. The first-order valence-electron chi connectivity index (χ1n) is 10.9. The van der Waals surface area contributed by atoms with Crippen LogP contribution in [0.5, 0.6) is 5.75 Å². The van der Waals surface area contributed by atoms with Crippen molar-refractivity contribution in [3.8, 4) is 5.75 Å². The Balaban J connectivity index is 0.00000150. The number of halogens is 3. The number of hydrogen-bond donors (Lipinski definition) is 0. The van der Waals surface area contributed by atoms with Gasteiger partial charge in [0.1, 0.15) is 11.6 Å². The van der Waals surface area contributed by atoms with Crippen molar-refractivity contribution in [1.82, 2.24) is 0 Å². The topological polar surface area (TPSA) is 27.7 Å². The van der Waals surface area contributed by atoms with E-state index in [4.69, 9.17) is 14.2 Å². The molecule has 0 unspecified atom stereocenters. The molecule has 6 heteroatoms. The van der Waals surface area contributed by atoms with E-state index in [1.807, 2.05) is 0 Å². The zero-order valence-corrected chi connectivity index (χ0v) is 18.7. The predicted octanol–water partition coefficient (Wildman–Crippen LogP) is 7.35. The zero-order valence-electron chi connectivity index (χ0n) is 18.7. The third-order valence-electron chi connectivity index (χ3n) is 3.99. The SMILES string of the molecule is C=C=C(CCOCCCCCOCCC)Oc1c(F)cc(F)cc1F.CCCCC. The Hall–Kier alpha value is -1.75. The van der Waals surface area contributed by atoms with Crippen molar-refractivity contribution in [3.05, 3.63) is 47.7 Å². The summed E-state index contributed by atoms with van der Waals surface area (Å²) in [5.41, 5.74) is 2.47. The summed E-state index contributed by atoms with van der Waals surface area (Å²) in [6.07, 6.45) is 8.27. The van der Waals surface area contributed by atoms with Crippen molar-refractivity contribution >= 4 is 0 Å². The largest absolute Gasteiger partial charge is 0.447 e. The number of unbranched alkanes of at least 4 members (excludes halogenated alkanes) is 4. The minimum absolute atomic E-state index is 0.136. The maximum atomic E-state index is 13.5.